The van der Waals surface area contributed by atoms with Crippen LogP contribution in [-0.4, -0.2) is 11.5 Å². The average Bonchev–Trinajstić information content (AvgIpc) is 2.45. The molecule has 0 radical (unpaired) electrons. The average molecular weight is 348 g/mol. The number of hydrogen-bond acceptors (Lipinski definition) is 2. The van der Waals surface area contributed by atoms with Gasteiger partial charge in [0.25, 0.3) is 0 Å². The Bertz CT molecular complexity index is 489. The van der Waals surface area contributed by atoms with Crippen LogP contribution in [0.5, 0.6) is 0 Å². The molecule has 1 aromatic carbocycles. The van der Waals surface area contributed by atoms with E-state index in [1.807, 2.05) is 30.6 Å². The second kappa shape index (κ2) is 10.7. The second-order valence-electron chi connectivity index (χ2n) is 4.61. The van der Waals surface area contributed by atoms with Crippen LogP contribution in [-0.2, 0) is 6.54 Å². The van der Waals surface area contributed by atoms with Gasteiger partial charge in [0.1, 0.15) is 0 Å². The van der Waals surface area contributed by atoms with E-state index in [0.717, 1.165) is 18.1 Å². The Morgan fingerprint density at radius 1 is 1.10 bits per heavy atom. The van der Waals surface area contributed by atoms with Crippen molar-refractivity contribution >= 4 is 42.1 Å². The molecular formula is C16H21Cl3N2. The minimum atomic E-state index is 0. The van der Waals surface area contributed by atoms with Crippen molar-refractivity contribution in [3.63, 3.8) is 0 Å². The maximum atomic E-state index is 5.95. The number of hydrogen-bond donors (Lipinski definition) is 0. The first kappa shape index (κ1) is 20.0. The first-order valence-electron chi connectivity index (χ1n) is 6.69. The fourth-order valence-electron chi connectivity index (χ4n) is 2.01. The number of pyridine rings is 1. The van der Waals surface area contributed by atoms with Crippen LogP contribution >= 0.6 is 36.4 Å². The fraction of sp³-hybridized carbons (Fsp3) is 0.312. The van der Waals surface area contributed by atoms with Crippen LogP contribution in [0.4, 0.5) is 5.69 Å². The monoisotopic (exact) mass is 346 g/mol. The molecule has 0 spiro atoms. The molecule has 0 N–H and O–H groups in total. The quantitative estimate of drug-likeness (QED) is 0.697. The second-order valence-corrected chi connectivity index (χ2v) is 5.05. The molecule has 116 valence electrons. The number of unbranched alkanes of at least 4 members (excludes halogenated alkanes) is 1. The predicted molar refractivity (Wildman–Crippen MR) is 96.1 cm³/mol. The zero-order valence-corrected chi connectivity index (χ0v) is 14.4. The molecule has 21 heavy (non-hydrogen) atoms. The predicted octanol–water partition coefficient (Wildman–Crippen LogP) is 5.39. The third-order valence-corrected chi connectivity index (χ3v) is 3.32. The zero-order chi connectivity index (χ0) is 13.5. The molecule has 0 aliphatic rings. The topological polar surface area (TPSA) is 16.1 Å². The van der Waals surface area contributed by atoms with Gasteiger partial charge in [0.15, 0.2) is 0 Å². The van der Waals surface area contributed by atoms with Crippen molar-refractivity contribution in [2.75, 3.05) is 11.4 Å². The van der Waals surface area contributed by atoms with E-state index in [-0.39, 0.29) is 24.8 Å². The number of aromatic nitrogens is 1. The van der Waals surface area contributed by atoms with Crippen LogP contribution in [0.1, 0.15) is 25.3 Å². The molecule has 0 unspecified atom stereocenters. The van der Waals surface area contributed by atoms with Crippen molar-refractivity contribution in [3.05, 3.63) is 59.4 Å². The van der Waals surface area contributed by atoms with Gasteiger partial charge in [-0.15, -0.1) is 24.8 Å². The first-order valence-corrected chi connectivity index (χ1v) is 7.07. The van der Waals surface area contributed by atoms with Crippen molar-refractivity contribution in [3.8, 4) is 0 Å². The molecule has 1 heterocycles. The van der Waals surface area contributed by atoms with Crippen LogP contribution in [0.15, 0.2) is 48.8 Å². The highest BCUT2D eigenvalue weighted by Gasteiger charge is 2.07. The molecule has 0 aliphatic carbocycles. The van der Waals surface area contributed by atoms with Crippen molar-refractivity contribution in [1.29, 1.82) is 0 Å². The van der Waals surface area contributed by atoms with Gasteiger partial charge in [0, 0.05) is 36.2 Å². The number of halogens is 3. The standard InChI is InChI=1S/C16H19ClN2.2ClH/c1-2-3-11-19(13-14-5-4-10-18-12-14)16-8-6-15(17)7-9-16;;/h4-10,12H,2-3,11,13H2,1H3;2*1H. The molecule has 0 bridgehead atoms. The largest absolute Gasteiger partial charge is 0.367 e. The first-order chi connectivity index (χ1) is 9.29. The van der Waals surface area contributed by atoms with Crippen molar-refractivity contribution in [1.82, 2.24) is 4.98 Å². The highest BCUT2D eigenvalue weighted by Crippen LogP contribution is 2.20. The summed E-state index contributed by atoms with van der Waals surface area (Å²) in [5, 5.41) is 0.778. The van der Waals surface area contributed by atoms with Crippen molar-refractivity contribution in [2.24, 2.45) is 0 Å². The Morgan fingerprint density at radius 3 is 2.38 bits per heavy atom. The molecule has 2 nitrogen and oxygen atoms in total. The Hall–Kier alpha value is -0.960. The lowest BCUT2D eigenvalue weighted by Crippen LogP contribution is -2.23. The van der Waals surface area contributed by atoms with Gasteiger partial charge in [-0.2, -0.15) is 0 Å². The summed E-state index contributed by atoms with van der Waals surface area (Å²) in [6.45, 7) is 4.15. The summed E-state index contributed by atoms with van der Waals surface area (Å²) in [7, 11) is 0. The van der Waals surface area contributed by atoms with Gasteiger partial charge in [0.2, 0.25) is 0 Å². The van der Waals surface area contributed by atoms with Gasteiger partial charge in [-0.25, -0.2) is 0 Å². The van der Waals surface area contributed by atoms with Gasteiger partial charge in [-0.1, -0.05) is 31.0 Å². The summed E-state index contributed by atoms with van der Waals surface area (Å²) in [4.78, 5) is 6.55. The SMILES string of the molecule is CCCCN(Cc1cccnc1)c1ccc(Cl)cc1.Cl.Cl. The van der Waals surface area contributed by atoms with Crippen LogP contribution < -0.4 is 4.90 Å². The third kappa shape index (κ3) is 6.56. The van der Waals surface area contributed by atoms with Crippen molar-refractivity contribution in [2.45, 2.75) is 26.3 Å². The molecule has 0 saturated heterocycles. The summed E-state index contributed by atoms with van der Waals surface area (Å²) >= 11 is 5.95. The summed E-state index contributed by atoms with van der Waals surface area (Å²) in [6.07, 6.45) is 6.11. The summed E-state index contributed by atoms with van der Waals surface area (Å²) in [5.74, 6) is 0. The Labute approximate surface area is 144 Å². The van der Waals surface area contributed by atoms with Crippen LogP contribution in [0.3, 0.4) is 0 Å². The fourth-order valence-corrected chi connectivity index (χ4v) is 2.14. The van der Waals surface area contributed by atoms with E-state index >= 15 is 0 Å². The summed E-state index contributed by atoms with van der Waals surface area (Å²) < 4.78 is 0. The summed E-state index contributed by atoms with van der Waals surface area (Å²) in [6, 6.07) is 12.1. The van der Waals surface area contributed by atoms with Crippen LogP contribution in [0.2, 0.25) is 5.02 Å². The number of rotatable bonds is 6. The highest BCUT2D eigenvalue weighted by atomic mass is 35.5. The Balaban J connectivity index is 0.00000200. The molecule has 0 amide bonds. The van der Waals surface area contributed by atoms with E-state index in [1.165, 1.54) is 24.1 Å². The molecular weight excluding hydrogens is 327 g/mol. The maximum Gasteiger partial charge on any atom is 0.0444 e. The highest BCUT2D eigenvalue weighted by molar-refractivity contribution is 6.30. The van der Waals surface area contributed by atoms with Crippen LogP contribution in [0.25, 0.3) is 0 Å². The maximum absolute atomic E-state index is 5.95. The van der Waals surface area contributed by atoms with E-state index in [1.54, 1.807) is 0 Å². The minimum absolute atomic E-state index is 0. The molecule has 1 aromatic heterocycles. The minimum Gasteiger partial charge on any atom is -0.367 e. The van der Waals surface area contributed by atoms with Crippen LogP contribution in [0, 0.1) is 0 Å². The lowest BCUT2D eigenvalue weighted by Gasteiger charge is -2.24. The molecule has 0 atom stereocenters. The lowest BCUT2D eigenvalue weighted by molar-refractivity contribution is 0.715. The van der Waals surface area contributed by atoms with E-state index in [9.17, 15) is 0 Å². The Morgan fingerprint density at radius 2 is 1.81 bits per heavy atom. The normalized spacial score (nSPS) is 9.43. The third-order valence-electron chi connectivity index (χ3n) is 3.07. The van der Waals surface area contributed by atoms with Gasteiger partial charge in [-0.3, -0.25) is 4.98 Å². The molecule has 2 aromatic rings. The molecule has 0 fully saturated rings. The van der Waals surface area contributed by atoms with Gasteiger partial charge in [0.05, 0.1) is 0 Å². The van der Waals surface area contributed by atoms with Gasteiger partial charge in [-0.05, 0) is 42.3 Å². The zero-order valence-electron chi connectivity index (χ0n) is 12.0. The molecule has 2 rings (SSSR count). The Kier molecular flexibility index (Phi) is 10.2. The van der Waals surface area contributed by atoms with E-state index in [0.29, 0.717) is 0 Å². The summed E-state index contributed by atoms with van der Waals surface area (Å²) in [5.41, 5.74) is 2.44. The van der Waals surface area contributed by atoms with Crippen molar-refractivity contribution < 1.29 is 0 Å². The number of anilines is 1. The molecule has 5 heteroatoms. The molecule has 0 aliphatic heterocycles. The molecule has 0 saturated carbocycles. The number of nitrogens with zero attached hydrogens (tertiary/aromatic N) is 2. The lowest BCUT2D eigenvalue weighted by atomic mass is 10.2. The van der Waals surface area contributed by atoms with E-state index in [2.05, 4.69) is 35.0 Å². The van der Waals surface area contributed by atoms with E-state index in [4.69, 9.17) is 11.6 Å². The van der Waals surface area contributed by atoms with Gasteiger partial charge >= 0.3 is 0 Å². The smallest absolute Gasteiger partial charge is 0.0444 e. The van der Waals surface area contributed by atoms with E-state index < -0.39 is 0 Å². The van der Waals surface area contributed by atoms with Gasteiger partial charge < -0.3 is 4.90 Å². The number of benzene rings is 1.